The first-order valence-electron chi connectivity index (χ1n) is 13.2. The molecule has 13 heteroatoms. The van der Waals surface area contributed by atoms with Crippen LogP contribution in [-0.2, 0) is 28.9 Å². The number of nitrogens with zero attached hydrogens (tertiary/aromatic N) is 3. The van der Waals surface area contributed by atoms with Gasteiger partial charge in [0, 0.05) is 15.0 Å². The molecule has 3 heterocycles. The van der Waals surface area contributed by atoms with Crippen molar-refractivity contribution in [2.24, 2.45) is 0 Å². The van der Waals surface area contributed by atoms with E-state index in [9.17, 15) is 14.4 Å². The van der Waals surface area contributed by atoms with Crippen LogP contribution < -0.4 is 10.6 Å². The van der Waals surface area contributed by atoms with Gasteiger partial charge in [0.05, 0.1) is 29.3 Å². The number of nitrogens with one attached hydrogen (secondary N) is 2. The van der Waals surface area contributed by atoms with E-state index in [4.69, 9.17) is 4.74 Å². The summed E-state index contributed by atoms with van der Waals surface area (Å²) in [4.78, 5) is 40.3. The van der Waals surface area contributed by atoms with E-state index in [2.05, 4.69) is 36.8 Å². The Morgan fingerprint density at radius 3 is 2.66 bits per heavy atom. The number of hydrogen-bond acceptors (Lipinski definition) is 9. The highest BCUT2D eigenvalue weighted by atomic mass is 79.9. The van der Waals surface area contributed by atoms with Crippen molar-refractivity contribution < 1.29 is 19.1 Å². The molecule has 5 rings (SSSR count). The van der Waals surface area contributed by atoms with E-state index >= 15 is 0 Å². The van der Waals surface area contributed by atoms with E-state index < -0.39 is 0 Å². The molecule has 0 saturated heterocycles. The van der Waals surface area contributed by atoms with Crippen LogP contribution in [0.25, 0.3) is 5.69 Å². The van der Waals surface area contributed by atoms with Crippen molar-refractivity contribution in [1.82, 2.24) is 20.1 Å². The molecule has 0 aliphatic heterocycles. The van der Waals surface area contributed by atoms with Gasteiger partial charge >= 0.3 is 5.97 Å². The van der Waals surface area contributed by atoms with Crippen molar-refractivity contribution in [3.05, 3.63) is 73.0 Å². The Balaban J connectivity index is 1.33. The monoisotopic (exact) mass is 673 g/mol. The second kappa shape index (κ2) is 13.8. The number of halogens is 1. The zero-order valence-electron chi connectivity index (χ0n) is 22.3. The summed E-state index contributed by atoms with van der Waals surface area (Å²) in [6.07, 6.45) is 4.93. The van der Waals surface area contributed by atoms with Gasteiger partial charge in [-0.3, -0.25) is 14.2 Å². The Bertz CT molecular complexity index is 1530. The third-order valence-corrected chi connectivity index (χ3v) is 9.96. The third kappa shape index (κ3) is 7.08. The van der Waals surface area contributed by atoms with Gasteiger partial charge in [-0.25, -0.2) is 4.79 Å². The van der Waals surface area contributed by atoms with Crippen molar-refractivity contribution >= 4 is 73.2 Å². The molecule has 0 radical (unpaired) electrons. The number of aryl methyl sites for hydroxylation is 1. The largest absolute Gasteiger partial charge is 0.462 e. The number of amides is 2. The van der Waals surface area contributed by atoms with Gasteiger partial charge < -0.3 is 15.4 Å². The summed E-state index contributed by atoms with van der Waals surface area (Å²) in [5.41, 5.74) is 2.31. The fourth-order valence-corrected chi connectivity index (χ4v) is 7.52. The molecule has 41 heavy (non-hydrogen) atoms. The van der Waals surface area contributed by atoms with E-state index in [1.165, 1.54) is 34.4 Å². The van der Waals surface area contributed by atoms with Gasteiger partial charge in [0.1, 0.15) is 5.00 Å². The summed E-state index contributed by atoms with van der Waals surface area (Å²) in [6, 6.07) is 11.2. The van der Waals surface area contributed by atoms with Crippen LogP contribution >= 0.6 is 50.4 Å². The maximum atomic E-state index is 13.1. The second-order valence-corrected chi connectivity index (χ2v) is 13.1. The number of anilines is 1. The molecule has 2 N–H and O–H groups in total. The maximum Gasteiger partial charge on any atom is 0.341 e. The van der Waals surface area contributed by atoms with Crippen LogP contribution in [0.3, 0.4) is 0 Å². The molecule has 0 atom stereocenters. The quantitative estimate of drug-likeness (QED) is 0.116. The fourth-order valence-electron chi connectivity index (χ4n) is 4.55. The van der Waals surface area contributed by atoms with Crippen LogP contribution in [0.2, 0.25) is 0 Å². The fraction of sp³-hybridized carbons (Fsp3) is 0.321. The van der Waals surface area contributed by atoms with Gasteiger partial charge in [-0.15, -0.1) is 32.9 Å². The minimum atomic E-state index is -0.390. The lowest BCUT2D eigenvalue weighted by Gasteiger charge is -2.11. The number of esters is 1. The minimum Gasteiger partial charge on any atom is -0.462 e. The predicted molar refractivity (Wildman–Crippen MR) is 165 cm³/mol. The number of aromatic nitrogens is 3. The van der Waals surface area contributed by atoms with Gasteiger partial charge in [-0.2, -0.15) is 0 Å². The topological polar surface area (TPSA) is 115 Å². The van der Waals surface area contributed by atoms with Gasteiger partial charge in [-0.05, 0) is 73.9 Å². The zero-order valence-corrected chi connectivity index (χ0v) is 26.3. The van der Waals surface area contributed by atoms with Crippen molar-refractivity contribution in [2.75, 3.05) is 17.7 Å². The standard InChI is InChI=1S/C28H28BrN5O4S3/c1-2-38-27(37)24-19-7-4-3-5-8-20(19)41-26(24)31-23(35)16-40-28-33-32-22(15-30-25(36)21-9-6-14-39-21)34(28)18-12-10-17(29)11-13-18/h6,9-14H,2-5,7-8,15-16H2,1H3,(H,30,36)(H,31,35). The summed E-state index contributed by atoms with van der Waals surface area (Å²) in [7, 11) is 0. The average molecular weight is 675 g/mol. The Kier molecular flexibility index (Phi) is 9.91. The predicted octanol–water partition coefficient (Wildman–Crippen LogP) is 6.26. The number of benzene rings is 1. The Morgan fingerprint density at radius 2 is 1.90 bits per heavy atom. The van der Waals surface area contributed by atoms with E-state index in [0.717, 1.165) is 52.7 Å². The normalized spacial score (nSPS) is 12.8. The molecule has 1 aliphatic carbocycles. The van der Waals surface area contributed by atoms with Crippen LogP contribution in [0.4, 0.5) is 5.00 Å². The number of thiophene rings is 2. The highest BCUT2D eigenvalue weighted by Gasteiger charge is 2.27. The lowest BCUT2D eigenvalue weighted by atomic mass is 10.1. The molecule has 214 valence electrons. The number of hydrogen-bond donors (Lipinski definition) is 2. The van der Waals surface area contributed by atoms with Crippen molar-refractivity contribution in [1.29, 1.82) is 0 Å². The Labute approximate surface area is 258 Å². The molecular formula is C28H28BrN5O4S3. The number of rotatable bonds is 10. The van der Waals surface area contributed by atoms with Crippen molar-refractivity contribution in [3.8, 4) is 5.69 Å². The summed E-state index contributed by atoms with van der Waals surface area (Å²) in [5, 5.41) is 17.4. The first-order valence-corrected chi connectivity index (χ1v) is 16.7. The van der Waals surface area contributed by atoms with E-state index in [0.29, 0.717) is 26.4 Å². The van der Waals surface area contributed by atoms with Crippen LogP contribution in [0.5, 0.6) is 0 Å². The molecule has 0 fully saturated rings. The number of carbonyl (C=O) groups excluding carboxylic acids is 3. The van der Waals surface area contributed by atoms with Crippen molar-refractivity contribution in [2.45, 2.75) is 50.7 Å². The molecule has 9 nitrogen and oxygen atoms in total. The number of thioether (sulfide) groups is 1. The smallest absolute Gasteiger partial charge is 0.341 e. The van der Waals surface area contributed by atoms with Crippen LogP contribution in [-0.4, -0.2) is 44.9 Å². The number of fused-ring (bicyclic) bond motifs is 1. The van der Waals surface area contributed by atoms with Gasteiger partial charge in [-0.1, -0.05) is 40.2 Å². The van der Waals surface area contributed by atoms with Crippen LogP contribution in [0.15, 0.2) is 51.4 Å². The van der Waals surface area contributed by atoms with E-state index in [1.54, 1.807) is 13.0 Å². The number of carbonyl (C=O) groups is 3. The lowest BCUT2D eigenvalue weighted by Crippen LogP contribution is -2.24. The van der Waals surface area contributed by atoms with E-state index in [1.807, 2.05) is 40.3 Å². The van der Waals surface area contributed by atoms with Gasteiger partial charge in [0.25, 0.3) is 5.91 Å². The van der Waals surface area contributed by atoms with Crippen molar-refractivity contribution in [3.63, 3.8) is 0 Å². The van der Waals surface area contributed by atoms with Gasteiger partial charge in [0.2, 0.25) is 5.91 Å². The zero-order chi connectivity index (χ0) is 28.8. The molecule has 0 unspecified atom stereocenters. The molecule has 1 aromatic carbocycles. The summed E-state index contributed by atoms with van der Waals surface area (Å²) in [5.74, 6) is -0.243. The molecular weight excluding hydrogens is 646 g/mol. The third-order valence-electron chi connectivity index (χ3n) is 6.42. The Hall–Kier alpha value is -3.00. The lowest BCUT2D eigenvalue weighted by molar-refractivity contribution is -0.113. The molecule has 0 bridgehead atoms. The molecule has 3 aromatic heterocycles. The maximum absolute atomic E-state index is 13.1. The summed E-state index contributed by atoms with van der Waals surface area (Å²) < 4.78 is 8.09. The second-order valence-electron chi connectivity index (χ2n) is 9.20. The van der Waals surface area contributed by atoms with Gasteiger partial charge in [0.15, 0.2) is 11.0 Å². The molecule has 0 spiro atoms. The number of ether oxygens (including phenoxy) is 1. The highest BCUT2D eigenvalue weighted by Crippen LogP contribution is 2.38. The average Bonchev–Trinajstić information content (AvgIpc) is 3.68. The van der Waals surface area contributed by atoms with E-state index in [-0.39, 0.29) is 36.7 Å². The first-order chi connectivity index (χ1) is 19.9. The molecule has 0 saturated carbocycles. The first kappa shape index (κ1) is 29.5. The summed E-state index contributed by atoms with van der Waals surface area (Å²) in [6.45, 7) is 2.21. The SMILES string of the molecule is CCOC(=O)c1c(NC(=O)CSc2nnc(CNC(=O)c3cccs3)n2-c2ccc(Br)cc2)sc2c1CCCCC2. The molecule has 4 aromatic rings. The van der Waals surface area contributed by atoms with Crippen LogP contribution in [0, 0.1) is 0 Å². The Morgan fingerprint density at radius 1 is 1.10 bits per heavy atom. The molecule has 2 amide bonds. The minimum absolute atomic E-state index is 0.0566. The van der Waals surface area contributed by atoms with Crippen LogP contribution in [0.1, 0.15) is 62.5 Å². The summed E-state index contributed by atoms with van der Waals surface area (Å²) >= 11 is 7.53. The highest BCUT2D eigenvalue weighted by molar-refractivity contribution is 9.10. The molecule has 1 aliphatic rings.